The van der Waals surface area contributed by atoms with Gasteiger partial charge in [-0.2, -0.15) is 0 Å². The van der Waals surface area contributed by atoms with E-state index < -0.39 is 11.4 Å². The highest BCUT2D eigenvalue weighted by atomic mass is 32.2. The van der Waals surface area contributed by atoms with Crippen molar-refractivity contribution in [1.29, 1.82) is 0 Å². The number of aliphatic imine (C=N–C) groups is 1. The molecule has 0 saturated carbocycles. The molecule has 1 amide bonds. The van der Waals surface area contributed by atoms with Gasteiger partial charge in [-0.05, 0) is 44.5 Å². The Bertz CT molecular complexity index is 1820. The van der Waals surface area contributed by atoms with Crippen LogP contribution in [-0.4, -0.2) is 27.9 Å². The molecule has 0 radical (unpaired) electrons. The van der Waals surface area contributed by atoms with Crippen LogP contribution in [0.3, 0.4) is 0 Å². The number of Topliss-reactive ketones (excluding diaryl/α,β-unsaturated/α-hetero) is 1. The molecule has 1 aliphatic rings. The fourth-order valence-electron chi connectivity index (χ4n) is 4.39. The third-order valence-corrected chi connectivity index (χ3v) is 7.16. The number of ketones is 1. The van der Waals surface area contributed by atoms with Crippen LogP contribution in [0.5, 0.6) is 0 Å². The van der Waals surface area contributed by atoms with E-state index in [1.807, 2.05) is 66.7 Å². The van der Waals surface area contributed by atoms with Gasteiger partial charge in [0.1, 0.15) is 5.70 Å². The molecule has 190 valence electrons. The van der Waals surface area contributed by atoms with E-state index in [9.17, 15) is 14.4 Å². The average molecular weight is 534 g/mol. The van der Waals surface area contributed by atoms with E-state index in [-0.39, 0.29) is 23.1 Å². The molecule has 9 heteroatoms. The zero-order valence-corrected chi connectivity index (χ0v) is 21.3. The molecule has 2 heterocycles. The number of carbonyl (C=O) groups is 2. The summed E-state index contributed by atoms with van der Waals surface area (Å²) in [5, 5.41) is 4.89. The minimum Gasteiger partial charge on any atom is -0.286 e. The maximum atomic E-state index is 13.6. The quantitative estimate of drug-likeness (QED) is 0.193. The molecule has 0 fully saturated rings. The van der Waals surface area contributed by atoms with Gasteiger partial charge in [0.15, 0.2) is 5.17 Å². The van der Waals surface area contributed by atoms with Gasteiger partial charge in [-0.25, -0.2) is 9.79 Å². The van der Waals surface area contributed by atoms with Crippen LogP contribution in [0.15, 0.2) is 123 Å². The maximum Gasteiger partial charge on any atom is 0.438 e. The van der Waals surface area contributed by atoms with E-state index in [1.165, 1.54) is 9.58 Å². The SMILES string of the molecule is O=C(CSC1=N/C(=C/c2cccc3ccccc23)C(=O)N1c1ccccc1)c1c(=O)o[nH][n+]1-c1ccccc1. The Morgan fingerprint density at radius 3 is 2.38 bits per heavy atom. The first kappa shape index (κ1) is 24.3. The Kier molecular flexibility index (Phi) is 6.48. The summed E-state index contributed by atoms with van der Waals surface area (Å²) >= 11 is 1.08. The van der Waals surface area contributed by atoms with Crippen LogP contribution in [0.2, 0.25) is 0 Å². The summed E-state index contributed by atoms with van der Waals surface area (Å²) in [4.78, 5) is 45.3. The number of hydrogen-bond acceptors (Lipinski definition) is 6. The number of fused-ring (bicyclic) bond motifs is 1. The lowest BCUT2D eigenvalue weighted by Gasteiger charge is -2.17. The molecule has 5 aromatic rings. The van der Waals surface area contributed by atoms with Gasteiger partial charge in [-0.15, -0.1) is 0 Å². The minimum atomic E-state index is -0.773. The zero-order chi connectivity index (χ0) is 26.8. The first-order chi connectivity index (χ1) is 19.1. The summed E-state index contributed by atoms with van der Waals surface area (Å²) < 4.78 is 6.23. The van der Waals surface area contributed by atoms with Crippen molar-refractivity contribution in [3.05, 3.63) is 131 Å². The summed E-state index contributed by atoms with van der Waals surface area (Å²) in [6.45, 7) is 0. The number of H-pyrrole nitrogens is 1. The molecular formula is C30H21N4O4S+. The summed E-state index contributed by atoms with van der Waals surface area (Å²) in [5.41, 5.74) is 1.41. The Balaban J connectivity index is 1.34. The van der Waals surface area contributed by atoms with Gasteiger partial charge in [0.25, 0.3) is 5.91 Å². The van der Waals surface area contributed by atoms with Crippen molar-refractivity contribution in [3.63, 3.8) is 0 Å². The zero-order valence-electron chi connectivity index (χ0n) is 20.5. The molecule has 6 rings (SSSR count). The number of nitrogens with one attached hydrogen (secondary N) is 1. The number of aromatic amines is 1. The van der Waals surface area contributed by atoms with Crippen LogP contribution in [0.4, 0.5) is 5.69 Å². The van der Waals surface area contributed by atoms with E-state index in [4.69, 9.17) is 4.52 Å². The smallest absolute Gasteiger partial charge is 0.286 e. The van der Waals surface area contributed by atoms with Crippen LogP contribution in [0, 0.1) is 0 Å². The van der Waals surface area contributed by atoms with Gasteiger partial charge < -0.3 is 0 Å². The van der Waals surface area contributed by atoms with Crippen LogP contribution in [0.1, 0.15) is 16.1 Å². The summed E-state index contributed by atoms with van der Waals surface area (Å²) in [7, 11) is 0. The maximum absolute atomic E-state index is 13.6. The van der Waals surface area contributed by atoms with Crippen molar-refractivity contribution in [2.75, 3.05) is 10.7 Å². The van der Waals surface area contributed by atoms with Crippen LogP contribution < -0.4 is 15.2 Å². The van der Waals surface area contributed by atoms with Crippen LogP contribution >= 0.6 is 11.8 Å². The molecule has 0 unspecified atom stereocenters. The van der Waals surface area contributed by atoms with Gasteiger partial charge in [-0.3, -0.25) is 19.0 Å². The Morgan fingerprint density at radius 1 is 0.897 bits per heavy atom. The van der Waals surface area contributed by atoms with Crippen molar-refractivity contribution in [2.45, 2.75) is 0 Å². The third-order valence-electron chi connectivity index (χ3n) is 6.22. The predicted octanol–water partition coefficient (Wildman–Crippen LogP) is 4.76. The lowest BCUT2D eigenvalue weighted by Crippen LogP contribution is -2.41. The summed E-state index contributed by atoms with van der Waals surface area (Å²) in [6.07, 6.45) is 1.76. The minimum absolute atomic E-state index is 0.132. The second-order valence-corrected chi connectivity index (χ2v) is 9.62. The molecule has 0 saturated heterocycles. The normalized spacial score (nSPS) is 14.3. The van der Waals surface area contributed by atoms with E-state index in [2.05, 4.69) is 10.3 Å². The number of para-hydroxylation sites is 2. The van der Waals surface area contributed by atoms with Gasteiger partial charge in [-0.1, -0.05) is 90.6 Å². The van der Waals surface area contributed by atoms with E-state index in [0.29, 0.717) is 16.5 Å². The predicted molar refractivity (Wildman–Crippen MR) is 151 cm³/mol. The second-order valence-electron chi connectivity index (χ2n) is 8.68. The number of rotatable bonds is 6. The molecular weight excluding hydrogens is 512 g/mol. The second kappa shape index (κ2) is 10.4. The summed E-state index contributed by atoms with van der Waals surface area (Å²) in [5.74, 6) is -0.898. The molecule has 4 aromatic carbocycles. The largest absolute Gasteiger partial charge is 0.438 e. The lowest BCUT2D eigenvalue weighted by molar-refractivity contribution is -0.672. The highest BCUT2D eigenvalue weighted by molar-refractivity contribution is 8.14. The van der Waals surface area contributed by atoms with Gasteiger partial charge in [0.2, 0.25) is 11.5 Å². The van der Waals surface area contributed by atoms with Crippen molar-refractivity contribution in [2.24, 2.45) is 4.99 Å². The Morgan fingerprint density at radius 2 is 1.59 bits per heavy atom. The third kappa shape index (κ3) is 4.71. The first-order valence-corrected chi connectivity index (χ1v) is 13.1. The fourth-order valence-corrected chi connectivity index (χ4v) is 5.27. The van der Waals surface area contributed by atoms with Crippen LogP contribution in [-0.2, 0) is 4.79 Å². The van der Waals surface area contributed by atoms with Gasteiger partial charge >= 0.3 is 11.3 Å². The average Bonchev–Trinajstić information content (AvgIpc) is 3.52. The summed E-state index contributed by atoms with van der Waals surface area (Å²) in [6, 6.07) is 31.8. The topological polar surface area (TPSA) is 99.6 Å². The Labute approximate surface area is 226 Å². The monoisotopic (exact) mass is 533 g/mol. The van der Waals surface area contributed by atoms with Crippen molar-refractivity contribution < 1.29 is 18.8 Å². The van der Waals surface area contributed by atoms with Crippen LogP contribution in [0.25, 0.3) is 22.5 Å². The number of thioether (sulfide) groups is 1. The number of amides is 1. The molecule has 8 nitrogen and oxygen atoms in total. The van der Waals surface area contributed by atoms with E-state index in [1.54, 1.807) is 42.5 Å². The first-order valence-electron chi connectivity index (χ1n) is 12.1. The fraction of sp³-hybridized carbons (Fsp3) is 0.0333. The van der Waals surface area contributed by atoms with Gasteiger partial charge in [0.05, 0.1) is 11.4 Å². The lowest BCUT2D eigenvalue weighted by atomic mass is 10.0. The number of anilines is 1. The number of hydrogen-bond donors (Lipinski definition) is 1. The van der Waals surface area contributed by atoms with Crippen molar-refractivity contribution in [1.82, 2.24) is 5.27 Å². The van der Waals surface area contributed by atoms with E-state index in [0.717, 1.165) is 28.1 Å². The number of amidine groups is 1. The molecule has 39 heavy (non-hydrogen) atoms. The number of carbonyl (C=O) groups excluding carboxylic acids is 2. The Hall–Kier alpha value is -5.02. The molecule has 0 aliphatic carbocycles. The molecule has 1 N–H and O–H groups in total. The van der Waals surface area contributed by atoms with Crippen molar-refractivity contribution >= 4 is 51.2 Å². The molecule has 1 aromatic heterocycles. The highest BCUT2D eigenvalue weighted by Gasteiger charge is 2.35. The highest BCUT2D eigenvalue weighted by Crippen LogP contribution is 2.30. The van der Waals surface area contributed by atoms with Gasteiger partial charge in [0, 0.05) is 12.1 Å². The van der Waals surface area contributed by atoms with E-state index >= 15 is 0 Å². The molecule has 1 aliphatic heterocycles. The van der Waals surface area contributed by atoms with Crippen molar-refractivity contribution in [3.8, 4) is 5.69 Å². The number of nitrogens with zero attached hydrogens (tertiary/aromatic N) is 3. The molecule has 0 atom stereocenters. The molecule has 0 bridgehead atoms. The number of benzene rings is 4. The number of aromatic nitrogens is 2. The standard InChI is InChI=1S/C30H20N4O4S/c35-26(27-29(37)38-32-34(27)23-15-5-2-6-16-23)19-39-30-31-25(28(36)33(30)22-13-3-1-4-14-22)18-21-12-9-11-20-10-7-8-17-24(20)21/h1-18H,19H2/p+1/b25-18+. The molecule has 0 spiro atoms.